The van der Waals surface area contributed by atoms with Crippen molar-refractivity contribution in [2.24, 2.45) is 16.7 Å². The molecule has 295 valence electrons. The number of aromatic nitrogens is 1. The second-order valence-corrected chi connectivity index (χ2v) is 18.0. The van der Waals surface area contributed by atoms with Crippen LogP contribution in [0.3, 0.4) is 0 Å². The van der Waals surface area contributed by atoms with E-state index in [1.807, 2.05) is 59.1 Å². The van der Waals surface area contributed by atoms with Crippen LogP contribution in [-0.2, 0) is 36.7 Å². The van der Waals surface area contributed by atoms with E-state index in [0.29, 0.717) is 5.92 Å². The maximum Gasteiger partial charge on any atom is 0.164 e. The maximum atomic E-state index is 12.2. The van der Waals surface area contributed by atoms with E-state index < -0.39 is 0 Å². The fourth-order valence-electron chi connectivity index (χ4n) is 7.13. The van der Waals surface area contributed by atoms with Crippen molar-refractivity contribution < 1.29 is 34.4 Å². The van der Waals surface area contributed by atoms with Crippen molar-refractivity contribution in [2.75, 3.05) is 0 Å². The monoisotopic (exact) mass is 935 g/mol. The summed E-state index contributed by atoms with van der Waals surface area (Å²) in [7, 11) is 0. The number of carbonyl (C=O) groups is 1. The van der Waals surface area contributed by atoms with Gasteiger partial charge in [0, 0.05) is 69.4 Å². The molecule has 3 aromatic carbocycles. The number of benzene rings is 3. The molecule has 0 spiro atoms. The summed E-state index contributed by atoms with van der Waals surface area (Å²) in [6.45, 7) is 25.5. The number of hydrogen-bond donors (Lipinski definition) is 1. The average molecular weight is 935 g/mol. The number of ketones is 1. The number of aliphatic hydroxyl groups excluding tert-OH is 1. The van der Waals surface area contributed by atoms with Gasteiger partial charge < -0.3 is 9.52 Å². The second kappa shape index (κ2) is 17.7. The predicted molar refractivity (Wildman–Crippen MR) is 232 cm³/mol. The van der Waals surface area contributed by atoms with Gasteiger partial charge in [0.25, 0.3) is 0 Å². The summed E-state index contributed by atoms with van der Waals surface area (Å²) < 4.78 is 7.44. The molecule has 1 radical (unpaired) electrons. The van der Waals surface area contributed by atoms with Crippen molar-refractivity contribution in [3.05, 3.63) is 102 Å². The van der Waals surface area contributed by atoms with E-state index in [4.69, 9.17) is 9.40 Å². The maximum absolute atomic E-state index is 12.2. The summed E-state index contributed by atoms with van der Waals surface area (Å²) in [5.41, 5.74) is 6.27. The number of pyridine rings is 1. The minimum absolute atomic E-state index is 0. The van der Waals surface area contributed by atoms with Crippen molar-refractivity contribution in [3.8, 4) is 21.7 Å². The normalized spacial score (nSPS) is 12.6. The molecule has 0 aliphatic rings. The third-order valence-electron chi connectivity index (χ3n) is 11.7. The Balaban J connectivity index is 0.000000320. The molecule has 55 heavy (non-hydrogen) atoms. The molecule has 3 aromatic heterocycles. The number of furan rings is 1. The Morgan fingerprint density at radius 1 is 0.873 bits per heavy atom. The molecule has 0 saturated carbocycles. The first-order valence-corrected chi connectivity index (χ1v) is 20.6. The molecule has 0 aliphatic heterocycles. The van der Waals surface area contributed by atoms with Gasteiger partial charge in [-0.2, -0.15) is 0 Å². The molecule has 1 N–H and O–H groups in total. The Hall–Kier alpha value is -3.57. The van der Waals surface area contributed by atoms with Gasteiger partial charge in [-0.05, 0) is 85.6 Å². The predicted octanol–water partition coefficient (Wildman–Crippen LogP) is 14.8. The Morgan fingerprint density at radius 2 is 1.53 bits per heavy atom. The SMILES string of the molecule is CCC(C)(CC)C(=O)/C=C(\O)C(C)(CC)CC.Cc1oc2ccc(CC(C)C)cc2c1-c1cc2c(-c3[c-]c4ccccc4c(C(C)(C)C)c3)nccc2s1.[Ir]. The molecule has 0 atom stereocenters. The van der Waals surface area contributed by atoms with Gasteiger partial charge in [-0.3, -0.25) is 9.78 Å². The quantitative estimate of drug-likeness (QED) is 0.0799. The van der Waals surface area contributed by atoms with Crippen molar-refractivity contribution in [1.82, 2.24) is 4.98 Å². The first-order valence-electron chi connectivity index (χ1n) is 19.8. The number of thiophene rings is 1. The number of nitrogens with zero attached hydrogens (tertiary/aromatic N) is 1. The number of allylic oxidation sites excluding steroid dienone is 2. The average Bonchev–Trinajstić information content (AvgIpc) is 3.72. The van der Waals surface area contributed by atoms with Gasteiger partial charge in [0.05, 0.1) is 0 Å². The Kier molecular flexibility index (Phi) is 14.2. The van der Waals surface area contributed by atoms with Crippen LogP contribution in [0.25, 0.3) is 53.5 Å². The van der Waals surface area contributed by atoms with Crippen LogP contribution in [0.2, 0.25) is 0 Å². The van der Waals surface area contributed by atoms with E-state index in [1.54, 1.807) is 0 Å². The number of carbonyl (C=O) groups excluding carboxylic acids is 1. The fraction of sp³-hybridized carbons (Fsp3) is 0.429. The number of rotatable bonds is 11. The van der Waals surface area contributed by atoms with Crippen LogP contribution < -0.4 is 0 Å². The van der Waals surface area contributed by atoms with Crippen LogP contribution in [0.5, 0.6) is 0 Å². The molecule has 0 aliphatic carbocycles. The first-order chi connectivity index (χ1) is 25.5. The topological polar surface area (TPSA) is 63.3 Å². The molecule has 6 rings (SSSR count). The molecule has 3 heterocycles. The van der Waals surface area contributed by atoms with Gasteiger partial charge in [0.1, 0.15) is 17.1 Å². The molecule has 4 nitrogen and oxygen atoms in total. The standard InChI is InChI=1S/C34H32NOS.C15H28O2.Ir/c1-20(2)15-22-11-12-29-26(16-22)32(21(3)36-29)31-19-27-30(37-31)13-14-35-33(27)24-17-23-9-7-8-10-25(23)28(18-24)34(4,5)6;1-7-14(5,8-2)12(16)11-13(17)15(6,9-3)10-4;/h7-14,16,18-20H,15H2,1-6H3;11,16H,7-10H2,1-6H3;/q-1;;/b;12-11-;. The van der Waals surface area contributed by atoms with E-state index in [9.17, 15) is 9.90 Å². The minimum Gasteiger partial charge on any atom is -0.512 e. The fourth-order valence-corrected chi connectivity index (χ4v) is 8.30. The zero-order chi connectivity index (χ0) is 39.6. The Labute approximate surface area is 347 Å². The first kappa shape index (κ1) is 44.1. The summed E-state index contributed by atoms with van der Waals surface area (Å²) >= 11 is 1.81. The van der Waals surface area contributed by atoms with Crippen LogP contribution in [0.1, 0.15) is 119 Å². The van der Waals surface area contributed by atoms with Gasteiger partial charge >= 0.3 is 0 Å². The summed E-state index contributed by atoms with van der Waals surface area (Å²) in [4.78, 5) is 18.3. The molecule has 6 aromatic rings. The van der Waals surface area contributed by atoms with Gasteiger partial charge in [-0.1, -0.05) is 111 Å². The third kappa shape index (κ3) is 9.36. The van der Waals surface area contributed by atoms with Crippen LogP contribution >= 0.6 is 11.3 Å². The zero-order valence-corrected chi connectivity index (χ0v) is 38.2. The van der Waals surface area contributed by atoms with Gasteiger partial charge in [-0.15, -0.1) is 40.5 Å². The summed E-state index contributed by atoms with van der Waals surface area (Å²) in [6.07, 6.45) is 7.75. The summed E-state index contributed by atoms with van der Waals surface area (Å²) in [5.74, 6) is 1.86. The summed E-state index contributed by atoms with van der Waals surface area (Å²) in [6, 6.07) is 25.6. The largest absolute Gasteiger partial charge is 0.512 e. The third-order valence-corrected chi connectivity index (χ3v) is 12.8. The van der Waals surface area contributed by atoms with E-state index in [2.05, 4.69) is 108 Å². The van der Waals surface area contributed by atoms with E-state index in [1.165, 1.54) is 48.5 Å². The van der Waals surface area contributed by atoms with Crippen molar-refractivity contribution in [1.29, 1.82) is 0 Å². The molecule has 0 amide bonds. The molecule has 0 bridgehead atoms. The summed E-state index contributed by atoms with van der Waals surface area (Å²) in [5, 5.41) is 14.9. The number of aryl methyl sites for hydroxylation is 1. The number of hydrogen-bond acceptors (Lipinski definition) is 5. The molecule has 6 heteroatoms. The van der Waals surface area contributed by atoms with Gasteiger partial charge in [-0.25, -0.2) is 0 Å². The van der Waals surface area contributed by atoms with Gasteiger partial charge in [0.2, 0.25) is 0 Å². The molecular weight excluding hydrogens is 875 g/mol. The van der Waals surface area contributed by atoms with E-state index in [0.717, 1.165) is 60.1 Å². The minimum atomic E-state index is -0.337. The molecule has 0 saturated heterocycles. The van der Waals surface area contributed by atoms with E-state index in [-0.39, 0.29) is 47.9 Å². The Morgan fingerprint density at radius 3 is 2.15 bits per heavy atom. The van der Waals surface area contributed by atoms with Crippen molar-refractivity contribution >= 4 is 48.9 Å². The van der Waals surface area contributed by atoms with Crippen molar-refractivity contribution in [2.45, 2.75) is 121 Å². The van der Waals surface area contributed by atoms with Crippen molar-refractivity contribution in [3.63, 3.8) is 0 Å². The van der Waals surface area contributed by atoms with Crippen LogP contribution in [0.15, 0.2) is 83.1 Å². The second-order valence-electron chi connectivity index (χ2n) is 17.0. The molecular formula is C49H60IrNO3S-. The van der Waals surface area contributed by atoms with Crippen LogP contribution in [0, 0.1) is 29.7 Å². The smallest absolute Gasteiger partial charge is 0.164 e. The molecule has 0 unspecified atom stereocenters. The van der Waals surface area contributed by atoms with Crippen LogP contribution in [0.4, 0.5) is 0 Å². The zero-order valence-electron chi connectivity index (χ0n) is 35.0. The van der Waals surface area contributed by atoms with Gasteiger partial charge in [0.15, 0.2) is 5.78 Å². The van der Waals surface area contributed by atoms with E-state index >= 15 is 0 Å². The van der Waals surface area contributed by atoms with Crippen LogP contribution in [-0.4, -0.2) is 15.9 Å². The Bertz CT molecular complexity index is 2290. The number of fused-ring (bicyclic) bond motifs is 3. The molecule has 0 fully saturated rings. The number of aliphatic hydroxyl groups is 1.